The van der Waals surface area contributed by atoms with Crippen molar-refractivity contribution in [2.24, 2.45) is 0 Å². The first-order chi connectivity index (χ1) is 8.15. The van der Waals surface area contributed by atoms with Crippen molar-refractivity contribution in [1.82, 2.24) is 0 Å². The van der Waals surface area contributed by atoms with Crippen molar-refractivity contribution in [2.45, 2.75) is 32.5 Å². The molecule has 1 rings (SSSR count). The van der Waals surface area contributed by atoms with Crippen molar-refractivity contribution in [3.63, 3.8) is 0 Å². The third-order valence-corrected chi connectivity index (χ3v) is 2.39. The summed E-state index contributed by atoms with van der Waals surface area (Å²) in [5, 5.41) is 17.8. The summed E-state index contributed by atoms with van der Waals surface area (Å²) < 4.78 is 10.9. The third-order valence-electron chi connectivity index (χ3n) is 2.39. The van der Waals surface area contributed by atoms with Crippen molar-refractivity contribution < 1.29 is 19.7 Å². The standard InChI is InChI=1S/C13H20O4/c1-3-10(2)17-13-6-4-12(5-7-13)16-9-11(15)8-14/h4-7,10-11,14-15H,3,8-9H2,1-2H3. The van der Waals surface area contributed by atoms with Gasteiger partial charge in [-0.2, -0.15) is 0 Å². The fourth-order valence-electron chi connectivity index (χ4n) is 1.18. The van der Waals surface area contributed by atoms with Gasteiger partial charge < -0.3 is 19.7 Å². The van der Waals surface area contributed by atoms with Gasteiger partial charge in [0.1, 0.15) is 24.2 Å². The van der Waals surface area contributed by atoms with E-state index in [0.29, 0.717) is 5.75 Å². The van der Waals surface area contributed by atoms with Crippen LogP contribution in [0.2, 0.25) is 0 Å². The van der Waals surface area contributed by atoms with Crippen LogP contribution in [-0.2, 0) is 0 Å². The minimum atomic E-state index is -0.842. The zero-order chi connectivity index (χ0) is 12.7. The minimum absolute atomic E-state index is 0.0854. The zero-order valence-corrected chi connectivity index (χ0v) is 10.3. The van der Waals surface area contributed by atoms with Gasteiger partial charge in [0.15, 0.2) is 0 Å². The maximum Gasteiger partial charge on any atom is 0.119 e. The Bertz CT molecular complexity index is 310. The van der Waals surface area contributed by atoms with Crippen molar-refractivity contribution in [3.8, 4) is 11.5 Å². The molecular formula is C13H20O4. The molecule has 0 aromatic heterocycles. The summed E-state index contributed by atoms with van der Waals surface area (Å²) >= 11 is 0. The third kappa shape index (κ3) is 5.06. The van der Waals surface area contributed by atoms with E-state index in [1.807, 2.05) is 19.1 Å². The van der Waals surface area contributed by atoms with E-state index in [4.69, 9.17) is 19.7 Å². The van der Waals surface area contributed by atoms with E-state index in [-0.39, 0.29) is 19.3 Å². The molecule has 4 nitrogen and oxygen atoms in total. The van der Waals surface area contributed by atoms with Crippen LogP contribution in [0.5, 0.6) is 11.5 Å². The van der Waals surface area contributed by atoms with Crippen LogP contribution in [0.3, 0.4) is 0 Å². The highest BCUT2D eigenvalue weighted by molar-refractivity contribution is 5.31. The summed E-state index contributed by atoms with van der Waals surface area (Å²) in [5.74, 6) is 1.45. The molecule has 0 saturated heterocycles. The topological polar surface area (TPSA) is 58.9 Å². The number of hydrogen-bond acceptors (Lipinski definition) is 4. The highest BCUT2D eigenvalue weighted by Gasteiger charge is 2.04. The molecule has 1 aromatic rings. The van der Waals surface area contributed by atoms with Gasteiger partial charge in [0.2, 0.25) is 0 Å². The van der Waals surface area contributed by atoms with Gasteiger partial charge in [-0.15, -0.1) is 0 Å². The van der Waals surface area contributed by atoms with Gasteiger partial charge in [-0.05, 0) is 37.6 Å². The number of ether oxygens (including phenoxy) is 2. The van der Waals surface area contributed by atoms with Crippen LogP contribution >= 0.6 is 0 Å². The zero-order valence-electron chi connectivity index (χ0n) is 10.3. The molecule has 4 heteroatoms. The van der Waals surface area contributed by atoms with Crippen LogP contribution in [0.25, 0.3) is 0 Å². The normalized spacial score (nSPS) is 14.1. The number of aliphatic hydroxyl groups is 2. The van der Waals surface area contributed by atoms with Crippen LogP contribution in [-0.4, -0.2) is 35.6 Å². The molecule has 0 amide bonds. The minimum Gasteiger partial charge on any atom is -0.491 e. The van der Waals surface area contributed by atoms with Crippen molar-refractivity contribution >= 4 is 0 Å². The summed E-state index contributed by atoms with van der Waals surface area (Å²) in [4.78, 5) is 0. The van der Waals surface area contributed by atoms with Gasteiger partial charge in [-0.3, -0.25) is 0 Å². The number of rotatable bonds is 7. The predicted octanol–water partition coefficient (Wildman–Crippen LogP) is 1.60. The highest BCUT2D eigenvalue weighted by Crippen LogP contribution is 2.19. The van der Waals surface area contributed by atoms with Crippen LogP contribution in [0.4, 0.5) is 0 Å². The van der Waals surface area contributed by atoms with Crippen LogP contribution in [0.15, 0.2) is 24.3 Å². The van der Waals surface area contributed by atoms with Crippen molar-refractivity contribution in [3.05, 3.63) is 24.3 Å². The van der Waals surface area contributed by atoms with E-state index in [9.17, 15) is 0 Å². The molecule has 0 radical (unpaired) electrons. The van der Waals surface area contributed by atoms with Crippen molar-refractivity contribution in [1.29, 1.82) is 0 Å². The van der Waals surface area contributed by atoms with Crippen LogP contribution in [0.1, 0.15) is 20.3 Å². The summed E-state index contributed by atoms with van der Waals surface area (Å²) in [6, 6.07) is 7.21. The Balaban J connectivity index is 2.44. The molecule has 0 bridgehead atoms. The van der Waals surface area contributed by atoms with Gasteiger partial charge in [0.05, 0.1) is 12.7 Å². The molecule has 2 unspecified atom stereocenters. The molecule has 0 heterocycles. The Hall–Kier alpha value is -1.26. The Labute approximate surface area is 102 Å². The Morgan fingerprint density at radius 1 is 1.18 bits per heavy atom. The highest BCUT2D eigenvalue weighted by atomic mass is 16.5. The monoisotopic (exact) mass is 240 g/mol. The molecule has 0 fully saturated rings. The lowest BCUT2D eigenvalue weighted by molar-refractivity contribution is 0.0536. The summed E-state index contributed by atoms with van der Waals surface area (Å²) in [6.07, 6.45) is 0.310. The second-order valence-corrected chi connectivity index (χ2v) is 3.96. The maximum absolute atomic E-state index is 9.13. The SMILES string of the molecule is CCC(C)Oc1ccc(OCC(O)CO)cc1. The second-order valence-electron chi connectivity index (χ2n) is 3.96. The molecule has 96 valence electrons. The number of aliphatic hydroxyl groups excluding tert-OH is 2. The molecule has 2 N–H and O–H groups in total. The van der Waals surface area contributed by atoms with Crippen molar-refractivity contribution in [2.75, 3.05) is 13.2 Å². The second kappa shape index (κ2) is 7.14. The molecule has 0 saturated carbocycles. The van der Waals surface area contributed by atoms with E-state index >= 15 is 0 Å². The molecule has 2 atom stereocenters. The maximum atomic E-state index is 9.13. The van der Waals surface area contributed by atoms with Gasteiger partial charge in [0.25, 0.3) is 0 Å². The number of hydrogen-bond donors (Lipinski definition) is 2. The predicted molar refractivity (Wildman–Crippen MR) is 65.4 cm³/mol. The molecular weight excluding hydrogens is 220 g/mol. The average Bonchev–Trinajstić information content (AvgIpc) is 2.37. The summed E-state index contributed by atoms with van der Waals surface area (Å²) in [7, 11) is 0. The van der Waals surface area contributed by atoms with Crippen LogP contribution < -0.4 is 9.47 Å². The van der Waals surface area contributed by atoms with Gasteiger partial charge in [-0.25, -0.2) is 0 Å². The lowest BCUT2D eigenvalue weighted by atomic mass is 10.3. The fraction of sp³-hybridized carbons (Fsp3) is 0.538. The molecule has 0 aliphatic rings. The van der Waals surface area contributed by atoms with E-state index in [0.717, 1.165) is 12.2 Å². The Morgan fingerprint density at radius 3 is 2.29 bits per heavy atom. The molecule has 0 aliphatic heterocycles. The Kier molecular flexibility index (Phi) is 5.80. The summed E-state index contributed by atoms with van der Waals surface area (Å²) in [6.45, 7) is 3.87. The molecule has 17 heavy (non-hydrogen) atoms. The van der Waals surface area contributed by atoms with E-state index in [1.165, 1.54) is 0 Å². The van der Waals surface area contributed by atoms with Gasteiger partial charge in [-0.1, -0.05) is 6.92 Å². The van der Waals surface area contributed by atoms with E-state index in [1.54, 1.807) is 12.1 Å². The van der Waals surface area contributed by atoms with Gasteiger partial charge >= 0.3 is 0 Å². The molecule has 1 aromatic carbocycles. The first kappa shape index (κ1) is 13.8. The number of benzene rings is 1. The van der Waals surface area contributed by atoms with E-state index < -0.39 is 6.10 Å². The quantitative estimate of drug-likeness (QED) is 0.760. The first-order valence-electron chi connectivity index (χ1n) is 5.84. The lowest BCUT2D eigenvalue weighted by Gasteiger charge is -2.13. The van der Waals surface area contributed by atoms with E-state index in [2.05, 4.69) is 6.92 Å². The first-order valence-corrected chi connectivity index (χ1v) is 5.84. The largest absolute Gasteiger partial charge is 0.491 e. The van der Waals surface area contributed by atoms with Crippen LogP contribution in [0, 0.1) is 0 Å². The lowest BCUT2D eigenvalue weighted by Crippen LogP contribution is -2.21. The average molecular weight is 240 g/mol. The summed E-state index contributed by atoms with van der Waals surface area (Å²) in [5.41, 5.74) is 0. The molecule has 0 spiro atoms. The fourth-order valence-corrected chi connectivity index (χ4v) is 1.18. The Morgan fingerprint density at radius 2 is 1.76 bits per heavy atom. The molecule has 0 aliphatic carbocycles. The smallest absolute Gasteiger partial charge is 0.119 e. The van der Waals surface area contributed by atoms with Gasteiger partial charge in [0, 0.05) is 0 Å².